The van der Waals surface area contributed by atoms with Crippen LogP contribution in [-0.4, -0.2) is 20.0 Å². The molecule has 0 aliphatic rings. The van der Waals surface area contributed by atoms with Gasteiger partial charge in [-0.15, -0.1) is 0 Å². The maximum absolute atomic E-state index is 12.8. The van der Waals surface area contributed by atoms with Crippen molar-refractivity contribution in [3.63, 3.8) is 0 Å². The molecule has 6 nitrogen and oxygen atoms in total. The lowest BCUT2D eigenvalue weighted by molar-refractivity contribution is -0.384. The first-order chi connectivity index (χ1) is 8.75. The SMILES string of the molecule is O=[N+]([O-])c1c(Br)c(C(F)(F)F)cc2nc(CO)[nH]c12. The highest BCUT2D eigenvalue weighted by molar-refractivity contribution is 9.10. The third-order valence-corrected chi connectivity index (χ3v) is 3.18. The molecular formula is C9H5BrF3N3O3. The van der Waals surface area contributed by atoms with Crippen LogP contribution < -0.4 is 0 Å². The summed E-state index contributed by atoms with van der Waals surface area (Å²) in [4.78, 5) is 16.0. The minimum Gasteiger partial charge on any atom is -0.388 e. The molecule has 0 aliphatic heterocycles. The summed E-state index contributed by atoms with van der Waals surface area (Å²) in [5, 5.41) is 19.8. The zero-order valence-electron chi connectivity index (χ0n) is 8.95. The van der Waals surface area contributed by atoms with E-state index < -0.39 is 33.4 Å². The number of nitro groups is 1. The van der Waals surface area contributed by atoms with Crippen molar-refractivity contribution in [2.75, 3.05) is 0 Å². The summed E-state index contributed by atoms with van der Waals surface area (Å²) in [6.07, 6.45) is -4.75. The van der Waals surface area contributed by atoms with Crippen LogP contribution in [0.4, 0.5) is 18.9 Å². The highest BCUT2D eigenvalue weighted by Crippen LogP contribution is 2.42. The molecule has 0 fully saturated rings. The van der Waals surface area contributed by atoms with Gasteiger partial charge in [-0.3, -0.25) is 10.1 Å². The summed E-state index contributed by atoms with van der Waals surface area (Å²) in [5.74, 6) is -0.0516. The van der Waals surface area contributed by atoms with Crippen molar-refractivity contribution in [2.45, 2.75) is 12.8 Å². The summed E-state index contributed by atoms with van der Waals surface area (Å²) >= 11 is 2.60. The molecule has 0 bridgehead atoms. The van der Waals surface area contributed by atoms with Crippen molar-refractivity contribution in [3.8, 4) is 0 Å². The highest BCUT2D eigenvalue weighted by Gasteiger charge is 2.38. The van der Waals surface area contributed by atoms with Crippen molar-refractivity contribution in [1.82, 2.24) is 9.97 Å². The lowest BCUT2D eigenvalue weighted by atomic mass is 10.1. The molecule has 0 amide bonds. The number of aromatic amines is 1. The Hall–Kier alpha value is -1.68. The molecule has 1 aromatic carbocycles. The van der Waals surface area contributed by atoms with E-state index in [1.54, 1.807) is 0 Å². The van der Waals surface area contributed by atoms with Gasteiger partial charge in [0.05, 0.1) is 16.0 Å². The smallest absolute Gasteiger partial charge is 0.388 e. The molecule has 0 saturated carbocycles. The fraction of sp³-hybridized carbons (Fsp3) is 0.222. The predicted molar refractivity (Wildman–Crippen MR) is 61.4 cm³/mol. The summed E-state index contributed by atoms with van der Waals surface area (Å²) in [6, 6.07) is 0.683. The lowest BCUT2D eigenvalue weighted by Gasteiger charge is -2.09. The molecule has 0 aliphatic carbocycles. The van der Waals surface area contributed by atoms with E-state index in [2.05, 4.69) is 25.9 Å². The van der Waals surface area contributed by atoms with Crippen LogP contribution in [0.25, 0.3) is 11.0 Å². The number of nitrogens with one attached hydrogen (secondary N) is 1. The van der Waals surface area contributed by atoms with Crippen LogP contribution in [0.2, 0.25) is 0 Å². The average molecular weight is 340 g/mol. The van der Waals surface area contributed by atoms with Crippen molar-refractivity contribution in [2.24, 2.45) is 0 Å². The number of rotatable bonds is 2. The van der Waals surface area contributed by atoms with Gasteiger partial charge < -0.3 is 10.1 Å². The number of hydrogen-bond donors (Lipinski definition) is 2. The van der Waals surface area contributed by atoms with E-state index in [4.69, 9.17) is 5.11 Å². The fourth-order valence-corrected chi connectivity index (χ4v) is 2.29. The van der Waals surface area contributed by atoms with Gasteiger partial charge in [-0.1, -0.05) is 0 Å². The van der Waals surface area contributed by atoms with Crippen molar-refractivity contribution in [3.05, 3.63) is 32.0 Å². The first kappa shape index (κ1) is 13.7. The minimum absolute atomic E-state index is 0.0516. The number of nitro benzene ring substituents is 1. The van der Waals surface area contributed by atoms with E-state index in [1.807, 2.05) is 0 Å². The highest BCUT2D eigenvalue weighted by atomic mass is 79.9. The molecule has 0 saturated heterocycles. The zero-order valence-corrected chi connectivity index (χ0v) is 10.5. The monoisotopic (exact) mass is 339 g/mol. The van der Waals surface area contributed by atoms with E-state index in [0.717, 1.165) is 0 Å². The minimum atomic E-state index is -4.75. The summed E-state index contributed by atoms with van der Waals surface area (Å²) in [6.45, 7) is -0.565. The largest absolute Gasteiger partial charge is 0.417 e. The second-order valence-corrected chi connectivity index (χ2v) is 4.37. The van der Waals surface area contributed by atoms with Gasteiger partial charge in [0, 0.05) is 0 Å². The zero-order chi connectivity index (χ0) is 14.4. The van der Waals surface area contributed by atoms with Gasteiger partial charge >= 0.3 is 11.9 Å². The molecule has 102 valence electrons. The van der Waals surface area contributed by atoms with Gasteiger partial charge in [0.2, 0.25) is 0 Å². The molecule has 19 heavy (non-hydrogen) atoms. The van der Waals surface area contributed by atoms with Gasteiger partial charge in [-0.2, -0.15) is 13.2 Å². The Morgan fingerprint density at radius 3 is 2.63 bits per heavy atom. The number of alkyl halides is 3. The maximum atomic E-state index is 12.8. The van der Waals surface area contributed by atoms with Gasteiger partial charge in [0.1, 0.15) is 22.4 Å². The number of H-pyrrole nitrogens is 1. The maximum Gasteiger partial charge on any atom is 0.417 e. The predicted octanol–water partition coefficient (Wildman–Crippen LogP) is 2.74. The normalized spacial score (nSPS) is 12.1. The van der Waals surface area contributed by atoms with E-state index >= 15 is 0 Å². The molecule has 1 aromatic heterocycles. The Balaban J connectivity index is 2.88. The van der Waals surface area contributed by atoms with Crippen molar-refractivity contribution in [1.29, 1.82) is 0 Å². The van der Waals surface area contributed by atoms with E-state index in [-0.39, 0.29) is 16.9 Å². The summed E-state index contributed by atoms with van der Waals surface area (Å²) in [5.41, 5.74) is -2.36. The van der Waals surface area contributed by atoms with Crippen LogP contribution in [0.1, 0.15) is 11.4 Å². The van der Waals surface area contributed by atoms with Gasteiger partial charge in [-0.25, -0.2) is 4.98 Å². The van der Waals surface area contributed by atoms with Crippen LogP contribution in [0.3, 0.4) is 0 Å². The average Bonchev–Trinajstić information content (AvgIpc) is 2.68. The van der Waals surface area contributed by atoms with E-state index in [0.29, 0.717) is 6.07 Å². The van der Waals surface area contributed by atoms with Gasteiger partial charge in [0.15, 0.2) is 0 Å². The number of aliphatic hydroxyl groups is 1. The molecular weight excluding hydrogens is 335 g/mol. The number of imidazole rings is 1. The van der Waals surface area contributed by atoms with Crippen LogP contribution in [-0.2, 0) is 12.8 Å². The summed E-state index contributed by atoms with van der Waals surface area (Å²) in [7, 11) is 0. The number of fused-ring (bicyclic) bond motifs is 1. The Labute approximate surface area is 111 Å². The third-order valence-electron chi connectivity index (χ3n) is 2.38. The number of benzene rings is 1. The Morgan fingerprint density at radius 2 is 2.16 bits per heavy atom. The molecule has 2 N–H and O–H groups in total. The summed E-state index contributed by atoms with van der Waals surface area (Å²) < 4.78 is 37.6. The number of aliphatic hydroxyl groups excluding tert-OH is 1. The topological polar surface area (TPSA) is 92.1 Å². The standard InChI is InChI=1S/C9H5BrF3N3O3/c10-6-3(9(11,12)13)1-4-7(8(6)16(18)19)15-5(2-17)14-4/h1,17H,2H2,(H,14,15). The van der Waals surface area contributed by atoms with Crippen molar-refractivity contribution >= 4 is 32.7 Å². The molecule has 2 rings (SSSR count). The Kier molecular flexibility index (Phi) is 3.22. The fourth-order valence-electron chi connectivity index (χ4n) is 1.61. The molecule has 10 heteroatoms. The molecule has 0 spiro atoms. The molecule has 0 unspecified atom stereocenters. The number of aromatic nitrogens is 2. The van der Waals surface area contributed by atoms with Crippen molar-refractivity contribution < 1.29 is 23.2 Å². The quantitative estimate of drug-likeness (QED) is 0.650. The molecule has 2 aromatic rings. The Morgan fingerprint density at radius 1 is 1.53 bits per heavy atom. The number of halogens is 4. The number of nitrogens with zero attached hydrogens (tertiary/aromatic N) is 2. The van der Waals surface area contributed by atoms with Gasteiger partial charge in [0.25, 0.3) is 0 Å². The first-order valence-corrected chi connectivity index (χ1v) is 5.58. The molecule has 0 atom stereocenters. The molecule has 1 heterocycles. The molecule has 0 radical (unpaired) electrons. The van der Waals surface area contributed by atoms with Crippen LogP contribution >= 0.6 is 15.9 Å². The second-order valence-electron chi connectivity index (χ2n) is 3.58. The Bertz CT molecular complexity index is 668. The lowest BCUT2D eigenvalue weighted by Crippen LogP contribution is -2.08. The van der Waals surface area contributed by atoms with Crippen LogP contribution in [0.5, 0.6) is 0 Å². The van der Waals surface area contributed by atoms with E-state index in [9.17, 15) is 23.3 Å². The third kappa shape index (κ3) is 2.28. The van der Waals surface area contributed by atoms with Gasteiger partial charge in [-0.05, 0) is 22.0 Å². The van der Waals surface area contributed by atoms with E-state index in [1.165, 1.54) is 0 Å². The first-order valence-electron chi connectivity index (χ1n) is 4.79. The van der Waals surface area contributed by atoms with Crippen LogP contribution in [0.15, 0.2) is 10.5 Å². The number of hydrogen-bond acceptors (Lipinski definition) is 4. The second kappa shape index (κ2) is 4.46. The van der Waals surface area contributed by atoms with Crippen LogP contribution in [0, 0.1) is 10.1 Å².